The van der Waals surface area contributed by atoms with Crippen LogP contribution in [0.3, 0.4) is 0 Å². The molecule has 0 spiro atoms. The van der Waals surface area contributed by atoms with Crippen molar-refractivity contribution in [3.8, 4) is 5.75 Å². The van der Waals surface area contributed by atoms with Gasteiger partial charge < -0.3 is 9.84 Å². The third-order valence-electron chi connectivity index (χ3n) is 2.05. The second-order valence-electron chi connectivity index (χ2n) is 3.18. The average molecular weight is 239 g/mol. The molecule has 1 N–H and O–H groups in total. The highest BCUT2D eigenvalue weighted by Crippen LogP contribution is 2.31. The number of nitro benzene ring substituents is 1. The van der Waals surface area contributed by atoms with E-state index in [0.717, 1.165) is 0 Å². The Morgan fingerprint density at radius 1 is 1.59 bits per heavy atom. The Hall–Kier alpha value is -2.44. The Morgan fingerprint density at radius 2 is 2.24 bits per heavy atom. The standard InChI is InChI=1S/C10H9NO6/c1-17-8-3-6(4-9(13)14)2-7(5-12)10(8)11(15)16/h2-3,5H,4H2,1H3,(H,13,14). The average Bonchev–Trinajstić information content (AvgIpc) is 2.26. The summed E-state index contributed by atoms with van der Waals surface area (Å²) in [6.45, 7) is 0. The Kier molecular flexibility index (Phi) is 3.76. The summed E-state index contributed by atoms with van der Waals surface area (Å²) in [6.07, 6.45) is -0.0405. The summed E-state index contributed by atoms with van der Waals surface area (Å²) in [5.41, 5.74) is -0.399. The summed E-state index contributed by atoms with van der Waals surface area (Å²) >= 11 is 0. The number of aldehydes is 1. The van der Waals surface area contributed by atoms with Crippen LogP contribution < -0.4 is 4.74 Å². The summed E-state index contributed by atoms with van der Waals surface area (Å²) in [5, 5.41) is 19.4. The molecule has 0 saturated carbocycles. The number of carbonyl (C=O) groups excluding carboxylic acids is 1. The molecule has 0 aliphatic heterocycles. The quantitative estimate of drug-likeness (QED) is 0.467. The Labute approximate surface area is 95.8 Å². The molecule has 0 aliphatic carbocycles. The van der Waals surface area contributed by atoms with E-state index in [-0.39, 0.29) is 23.3 Å². The van der Waals surface area contributed by atoms with Crippen molar-refractivity contribution in [1.82, 2.24) is 0 Å². The predicted octanol–water partition coefficient (Wildman–Crippen LogP) is 1.04. The summed E-state index contributed by atoms with van der Waals surface area (Å²) in [6, 6.07) is 2.40. The molecule has 7 heteroatoms. The largest absolute Gasteiger partial charge is 0.490 e. The Morgan fingerprint density at radius 3 is 2.65 bits per heavy atom. The molecule has 0 saturated heterocycles. The number of nitrogens with zero attached hydrogens (tertiary/aromatic N) is 1. The van der Waals surface area contributed by atoms with E-state index in [4.69, 9.17) is 9.84 Å². The van der Waals surface area contributed by atoms with Crippen molar-refractivity contribution in [1.29, 1.82) is 0 Å². The van der Waals surface area contributed by atoms with Crippen LogP contribution in [0.1, 0.15) is 15.9 Å². The second kappa shape index (κ2) is 5.06. The number of ether oxygens (including phenoxy) is 1. The van der Waals surface area contributed by atoms with Gasteiger partial charge in [0.2, 0.25) is 0 Å². The fourth-order valence-corrected chi connectivity index (χ4v) is 1.41. The number of hydrogen-bond donors (Lipinski definition) is 1. The van der Waals surface area contributed by atoms with Crippen LogP contribution in [-0.2, 0) is 11.2 Å². The van der Waals surface area contributed by atoms with E-state index in [1.54, 1.807) is 0 Å². The number of hydrogen-bond acceptors (Lipinski definition) is 5. The molecule has 0 fully saturated rings. The summed E-state index contributed by atoms with van der Waals surface area (Å²) in [5.74, 6) is -1.23. The maximum absolute atomic E-state index is 10.7. The van der Waals surface area contributed by atoms with Crippen molar-refractivity contribution in [2.24, 2.45) is 0 Å². The highest BCUT2D eigenvalue weighted by molar-refractivity contribution is 5.85. The van der Waals surface area contributed by atoms with Crippen LogP contribution in [0.2, 0.25) is 0 Å². The predicted molar refractivity (Wildman–Crippen MR) is 56.4 cm³/mol. The molecule has 0 unspecified atom stereocenters. The van der Waals surface area contributed by atoms with Crippen molar-refractivity contribution in [3.05, 3.63) is 33.4 Å². The van der Waals surface area contributed by atoms with Gasteiger partial charge in [0.1, 0.15) is 0 Å². The molecule has 0 aromatic heterocycles. The molecule has 0 radical (unpaired) electrons. The lowest BCUT2D eigenvalue weighted by molar-refractivity contribution is -0.386. The third kappa shape index (κ3) is 2.77. The zero-order valence-corrected chi connectivity index (χ0v) is 8.87. The highest BCUT2D eigenvalue weighted by Gasteiger charge is 2.22. The minimum atomic E-state index is -1.10. The van der Waals surface area contributed by atoms with Gasteiger partial charge in [-0.15, -0.1) is 0 Å². The second-order valence-corrected chi connectivity index (χ2v) is 3.18. The first-order valence-electron chi connectivity index (χ1n) is 4.52. The van der Waals surface area contributed by atoms with E-state index in [9.17, 15) is 19.7 Å². The van der Waals surface area contributed by atoms with Crippen LogP contribution in [0.25, 0.3) is 0 Å². The van der Waals surface area contributed by atoms with E-state index < -0.39 is 16.6 Å². The van der Waals surface area contributed by atoms with E-state index in [2.05, 4.69) is 0 Å². The third-order valence-corrected chi connectivity index (χ3v) is 2.05. The smallest absolute Gasteiger partial charge is 0.321 e. The summed E-state index contributed by atoms with van der Waals surface area (Å²) < 4.78 is 4.78. The van der Waals surface area contributed by atoms with Crippen molar-refractivity contribution in [2.45, 2.75) is 6.42 Å². The van der Waals surface area contributed by atoms with Crippen molar-refractivity contribution in [2.75, 3.05) is 7.11 Å². The lowest BCUT2D eigenvalue weighted by atomic mass is 10.1. The van der Waals surface area contributed by atoms with Gasteiger partial charge in [0.05, 0.1) is 24.0 Å². The molecular weight excluding hydrogens is 230 g/mol. The van der Waals surface area contributed by atoms with Crippen LogP contribution in [0.5, 0.6) is 5.75 Å². The van der Waals surface area contributed by atoms with E-state index in [0.29, 0.717) is 6.29 Å². The fraction of sp³-hybridized carbons (Fsp3) is 0.200. The first kappa shape index (κ1) is 12.6. The molecule has 0 bridgehead atoms. The van der Waals surface area contributed by atoms with Gasteiger partial charge >= 0.3 is 11.7 Å². The van der Waals surface area contributed by atoms with Gasteiger partial charge in [0, 0.05) is 0 Å². The number of benzene rings is 1. The fourth-order valence-electron chi connectivity index (χ4n) is 1.41. The molecular formula is C10H9NO6. The first-order chi connectivity index (χ1) is 7.99. The van der Waals surface area contributed by atoms with Gasteiger partial charge in [-0.05, 0) is 17.7 Å². The van der Waals surface area contributed by atoms with Crippen molar-refractivity contribution >= 4 is 17.9 Å². The molecule has 0 heterocycles. The minimum absolute atomic E-state index is 0.129. The lowest BCUT2D eigenvalue weighted by Gasteiger charge is -2.06. The molecule has 0 aliphatic rings. The van der Waals surface area contributed by atoms with Crippen molar-refractivity contribution < 1.29 is 24.4 Å². The first-order valence-corrected chi connectivity index (χ1v) is 4.52. The van der Waals surface area contributed by atoms with Gasteiger partial charge in [-0.3, -0.25) is 19.7 Å². The number of carboxylic acids is 1. The SMILES string of the molecule is COc1cc(CC(=O)O)cc(C=O)c1[N+](=O)[O-]. The zero-order chi connectivity index (χ0) is 13.0. The molecule has 1 rings (SSSR count). The zero-order valence-electron chi connectivity index (χ0n) is 8.87. The van der Waals surface area contributed by atoms with Crippen LogP contribution in [0.4, 0.5) is 5.69 Å². The molecule has 0 atom stereocenters. The van der Waals surface area contributed by atoms with E-state index >= 15 is 0 Å². The molecule has 1 aromatic rings. The van der Waals surface area contributed by atoms with Crippen LogP contribution >= 0.6 is 0 Å². The van der Waals surface area contributed by atoms with Crippen molar-refractivity contribution in [3.63, 3.8) is 0 Å². The molecule has 90 valence electrons. The van der Waals surface area contributed by atoms with Crippen LogP contribution in [0, 0.1) is 10.1 Å². The molecule has 1 aromatic carbocycles. The van der Waals surface area contributed by atoms with Gasteiger partial charge in [0.25, 0.3) is 0 Å². The Balaban J connectivity index is 3.38. The molecule has 0 amide bonds. The van der Waals surface area contributed by atoms with Gasteiger partial charge in [-0.25, -0.2) is 0 Å². The van der Waals surface area contributed by atoms with Gasteiger partial charge in [-0.1, -0.05) is 0 Å². The summed E-state index contributed by atoms with van der Waals surface area (Å²) in [7, 11) is 1.21. The van der Waals surface area contributed by atoms with Gasteiger partial charge in [0.15, 0.2) is 12.0 Å². The van der Waals surface area contributed by atoms with Gasteiger partial charge in [-0.2, -0.15) is 0 Å². The van der Waals surface area contributed by atoms with Crippen LogP contribution in [0.15, 0.2) is 12.1 Å². The number of rotatable bonds is 5. The van der Waals surface area contributed by atoms with Crippen LogP contribution in [-0.4, -0.2) is 29.4 Å². The maximum Gasteiger partial charge on any atom is 0.321 e. The minimum Gasteiger partial charge on any atom is -0.490 e. The summed E-state index contributed by atoms with van der Waals surface area (Å²) in [4.78, 5) is 31.3. The molecule has 7 nitrogen and oxygen atoms in total. The number of methoxy groups -OCH3 is 1. The normalized spacial score (nSPS) is 9.71. The van der Waals surface area contributed by atoms with E-state index in [1.807, 2.05) is 0 Å². The number of carbonyl (C=O) groups is 2. The monoisotopic (exact) mass is 239 g/mol. The number of carboxylic acid groups (broad SMARTS) is 1. The molecule has 17 heavy (non-hydrogen) atoms. The highest BCUT2D eigenvalue weighted by atomic mass is 16.6. The number of nitro groups is 1. The Bertz CT molecular complexity index is 482. The number of aliphatic carboxylic acids is 1. The topological polar surface area (TPSA) is 107 Å². The maximum atomic E-state index is 10.7. The lowest BCUT2D eigenvalue weighted by Crippen LogP contribution is -2.04. The van der Waals surface area contributed by atoms with E-state index in [1.165, 1.54) is 19.2 Å².